The van der Waals surface area contributed by atoms with Gasteiger partial charge in [-0.25, -0.2) is 13.1 Å². The summed E-state index contributed by atoms with van der Waals surface area (Å²) < 4.78 is 25.5. The van der Waals surface area contributed by atoms with Gasteiger partial charge in [-0.15, -0.1) is 0 Å². The number of nitrogens with zero attached hydrogens (tertiary/aromatic N) is 3. The number of hydrogen-bond donors (Lipinski definition) is 1. The third-order valence-corrected chi connectivity index (χ3v) is 7.00. The van der Waals surface area contributed by atoms with Crippen LogP contribution in [0.2, 0.25) is 5.02 Å². The second kappa shape index (κ2) is 13.2. The summed E-state index contributed by atoms with van der Waals surface area (Å²) in [6.07, 6.45) is 2.94. The molecule has 8 nitrogen and oxygen atoms in total. The van der Waals surface area contributed by atoms with Crippen LogP contribution in [0.5, 0.6) is 0 Å². The molecule has 1 aliphatic heterocycles. The molecule has 0 aromatic heterocycles. The van der Waals surface area contributed by atoms with Crippen molar-refractivity contribution in [2.45, 2.75) is 39.3 Å². The molecule has 2 amide bonds. The first kappa shape index (κ1) is 28.1. The van der Waals surface area contributed by atoms with E-state index in [2.05, 4.69) is 21.8 Å². The lowest BCUT2D eigenvalue weighted by molar-refractivity contribution is -0.130. The smallest absolute Gasteiger partial charge is 0.237 e. The predicted octanol–water partition coefficient (Wildman–Crippen LogP) is 3.26. The Kier molecular flexibility index (Phi) is 10.3. The number of anilines is 1. The number of sulfonamides is 1. The highest BCUT2D eigenvalue weighted by molar-refractivity contribution is 7.88. The Balaban J connectivity index is 1.94. The van der Waals surface area contributed by atoms with Crippen LogP contribution in [0.1, 0.15) is 37.3 Å². The van der Waals surface area contributed by atoms with Gasteiger partial charge in [0.25, 0.3) is 0 Å². The highest BCUT2D eigenvalue weighted by Crippen LogP contribution is 2.28. The summed E-state index contributed by atoms with van der Waals surface area (Å²) in [5.74, 6) is -0.307. The van der Waals surface area contributed by atoms with Gasteiger partial charge in [0, 0.05) is 50.7 Å². The number of benzene rings is 2. The fourth-order valence-electron chi connectivity index (χ4n) is 4.28. The molecule has 0 bridgehead atoms. The average Bonchev–Trinajstić information content (AvgIpc) is 2.86. The molecule has 196 valence electrons. The standard InChI is InChI=1S/C26H35ClN4O4S/c1-3-8-25(32)31-14-7-13-29(19-21-9-5-4-6-10-21)15-16-30(26(33)18-28-36(2,34)35)20-22-11-12-23(27)17-24(22)31/h4-6,9-12,17,28H,3,7-8,13-16,18-20H2,1-2H3. The first-order chi connectivity index (χ1) is 17.2. The normalized spacial score (nSPS) is 15.8. The molecule has 0 unspecified atom stereocenters. The van der Waals surface area contributed by atoms with Gasteiger partial charge < -0.3 is 9.80 Å². The number of rotatable bonds is 7. The predicted molar refractivity (Wildman–Crippen MR) is 143 cm³/mol. The summed E-state index contributed by atoms with van der Waals surface area (Å²) in [5.41, 5.74) is 2.66. The lowest BCUT2D eigenvalue weighted by atomic mass is 10.1. The number of fused-ring (bicyclic) bond motifs is 1. The van der Waals surface area contributed by atoms with Gasteiger partial charge in [-0.1, -0.05) is 54.9 Å². The van der Waals surface area contributed by atoms with E-state index in [0.717, 1.165) is 36.8 Å². The van der Waals surface area contributed by atoms with E-state index in [1.54, 1.807) is 21.9 Å². The van der Waals surface area contributed by atoms with Gasteiger partial charge in [0.15, 0.2) is 0 Å². The Morgan fingerprint density at radius 1 is 1.00 bits per heavy atom. The zero-order valence-electron chi connectivity index (χ0n) is 21.0. The molecule has 0 atom stereocenters. The summed E-state index contributed by atoms with van der Waals surface area (Å²) >= 11 is 6.33. The monoisotopic (exact) mass is 534 g/mol. The van der Waals surface area contributed by atoms with Crippen molar-refractivity contribution in [3.63, 3.8) is 0 Å². The molecular formula is C26H35ClN4O4S. The van der Waals surface area contributed by atoms with Crippen molar-refractivity contribution >= 4 is 39.1 Å². The first-order valence-corrected chi connectivity index (χ1v) is 14.5. The van der Waals surface area contributed by atoms with Crippen molar-refractivity contribution in [1.29, 1.82) is 0 Å². The van der Waals surface area contributed by atoms with Crippen LogP contribution < -0.4 is 9.62 Å². The van der Waals surface area contributed by atoms with Gasteiger partial charge >= 0.3 is 0 Å². The fourth-order valence-corrected chi connectivity index (χ4v) is 4.83. The van der Waals surface area contributed by atoms with E-state index >= 15 is 0 Å². The minimum atomic E-state index is -3.52. The molecule has 2 aromatic carbocycles. The Bertz CT molecular complexity index is 1140. The number of nitrogens with one attached hydrogen (secondary N) is 1. The molecule has 36 heavy (non-hydrogen) atoms. The van der Waals surface area contributed by atoms with Gasteiger partial charge in [-0.3, -0.25) is 14.5 Å². The molecule has 1 heterocycles. The average molecular weight is 535 g/mol. The number of carbonyl (C=O) groups excluding carboxylic acids is 2. The van der Waals surface area contributed by atoms with Crippen LogP contribution in [0.4, 0.5) is 5.69 Å². The second-order valence-electron chi connectivity index (χ2n) is 9.09. The molecule has 2 aromatic rings. The van der Waals surface area contributed by atoms with Gasteiger partial charge in [0.1, 0.15) is 0 Å². The Labute approximate surface area is 219 Å². The van der Waals surface area contributed by atoms with Crippen LogP contribution >= 0.6 is 11.6 Å². The van der Waals surface area contributed by atoms with Crippen molar-refractivity contribution in [1.82, 2.24) is 14.5 Å². The molecule has 0 aliphatic carbocycles. The number of halogens is 1. The van der Waals surface area contributed by atoms with Crippen LogP contribution in [-0.2, 0) is 32.7 Å². The third-order valence-electron chi connectivity index (χ3n) is 6.09. The first-order valence-electron chi connectivity index (χ1n) is 12.2. The Morgan fingerprint density at radius 2 is 1.75 bits per heavy atom. The van der Waals surface area contributed by atoms with E-state index in [0.29, 0.717) is 43.3 Å². The quantitative estimate of drug-likeness (QED) is 0.589. The Morgan fingerprint density at radius 3 is 2.44 bits per heavy atom. The van der Waals surface area contributed by atoms with Crippen LogP contribution in [0, 0.1) is 0 Å². The van der Waals surface area contributed by atoms with E-state index in [4.69, 9.17) is 11.6 Å². The lowest BCUT2D eigenvalue weighted by Gasteiger charge is -2.28. The maximum Gasteiger partial charge on any atom is 0.237 e. The highest BCUT2D eigenvalue weighted by Gasteiger charge is 2.24. The SMILES string of the molecule is CCCC(=O)N1CCCN(Cc2ccccc2)CCN(C(=O)CNS(C)(=O)=O)Cc2ccc(Cl)cc21. The second-order valence-corrected chi connectivity index (χ2v) is 11.4. The molecule has 0 spiro atoms. The fraction of sp³-hybridized carbons (Fsp3) is 0.462. The maximum atomic E-state index is 13.1. The van der Waals surface area contributed by atoms with Crippen molar-refractivity contribution in [3.05, 3.63) is 64.7 Å². The van der Waals surface area contributed by atoms with Crippen molar-refractivity contribution in [3.8, 4) is 0 Å². The van der Waals surface area contributed by atoms with Crippen molar-refractivity contribution in [2.24, 2.45) is 0 Å². The summed E-state index contributed by atoms with van der Waals surface area (Å²) in [4.78, 5) is 32.0. The molecule has 1 aliphatic rings. The largest absolute Gasteiger partial charge is 0.336 e. The van der Waals surface area contributed by atoms with Crippen LogP contribution in [-0.4, -0.2) is 69.0 Å². The van der Waals surface area contributed by atoms with E-state index < -0.39 is 10.0 Å². The van der Waals surface area contributed by atoms with Gasteiger partial charge in [-0.05, 0) is 36.1 Å². The molecule has 10 heteroatoms. The third kappa shape index (κ3) is 8.58. The minimum Gasteiger partial charge on any atom is -0.336 e. The maximum absolute atomic E-state index is 13.1. The summed E-state index contributed by atoms with van der Waals surface area (Å²) in [7, 11) is -3.52. The molecule has 0 radical (unpaired) electrons. The highest BCUT2D eigenvalue weighted by atomic mass is 35.5. The Hall–Kier alpha value is -2.46. The molecule has 0 fully saturated rings. The summed E-state index contributed by atoms with van der Waals surface area (Å²) in [6.45, 7) is 4.93. The van der Waals surface area contributed by atoms with Gasteiger partial charge in [0.2, 0.25) is 21.8 Å². The molecular weight excluding hydrogens is 500 g/mol. The van der Waals surface area contributed by atoms with E-state index in [9.17, 15) is 18.0 Å². The summed E-state index contributed by atoms with van der Waals surface area (Å²) in [5, 5.41) is 0.514. The molecule has 1 N–H and O–H groups in total. The summed E-state index contributed by atoms with van der Waals surface area (Å²) in [6, 6.07) is 15.5. The van der Waals surface area contributed by atoms with Crippen LogP contribution in [0.3, 0.4) is 0 Å². The van der Waals surface area contributed by atoms with Crippen molar-refractivity contribution < 1.29 is 18.0 Å². The molecule has 0 saturated heterocycles. The van der Waals surface area contributed by atoms with Crippen LogP contribution in [0.15, 0.2) is 48.5 Å². The minimum absolute atomic E-state index is 0.0199. The van der Waals surface area contributed by atoms with Gasteiger partial charge in [-0.2, -0.15) is 0 Å². The van der Waals surface area contributed by atoms with Crippen molar-refractivity contribution in [2.75, 3.05) is 43.9 Å². The number of hydrogen-bond acceptors (Lipinski definition) is 5. The van der Waals surface area contributed by atoms with Crippen LogP contribution in [0.25, 0.3) is 0 Å². The van der Waals surface area contributed by atoms with Gasteiger partial charge in [0.05, 0.1) is 18.5 Å². The van der Waals surface area contributed by atoms with E-state index in [-0.39, 0.29) is 24.9 Å². The number of amides is 2. The zero-order chi connectivity index (χ0) is 26.1. The molecule has 0 saturated carbocycles. The zero-order valence-corrected chi connectivity index (χ0v) is 22.5. The molecule has 3 rings (SSSR count). The topological polar surface area (TPSA) is 90.0 Å². The van der Waals surface area contributed by atoms with E-state index in [1.165, 1.54) is 0 Å². The number of carbonyl (C=O) groups is 2. The van der Waals surface area contributed by atoms with E-state index in [1.807, 2.05) is 31.2 Å². The lowest BCUT2D eigenvalue weighted by Crippen LogP contribution is -2.43.